The Balaban J connectivity index is 1.84. The number of carbonyl (C=O) groups excluding carboxylic acids is 1. The number of halogens is 3. The van der Waals surface area contributed by atoms with Gasteiger partial charge in [0.15, 0.2) is 5.16 Å². The summed E-state index contributed by atoms with van der Waals surface area (Å²) in [4.78, 5) is 29.9. The van der Waals surface area contributed by atoms with Crippen molar-refractivity contribution in [3.63, 3.8) is 0 Å². The van der Waals surface area contributed by atoms with Crippen molar-refractivity contribution < 1.29 is 9.18 Å². The highest BCUT2D eigenvalue weighted by atomic mass is 35.5. The molecule has 0 aliphatic carbocycles. The zero-order valence-electron chi connectivity index (χ0n) is 16.4. The molecule has 9 heteroatoms. The number of nitrogens with zero attached hydrogens (tertiary/aromatic N) is 2. The van der Waals surface area contributed by atoms with Crippen molar-refractivity contribution in [3.8, 4) is 0 Å². The number of nitrogens with one attached hydrogen (secondary N) is 1. The fraction of sp³-hybridized carbons (Fsp3) is 0.286. The summed E-state index contributed by atoms with van der Waals surface area (Å²) in [5.74, 6) is -0.681. The first-order valence-electron chi connectivity index (χ1n) is 9.32. The molecule has 0 atom stereocenters. The van der Waals surface area contributed by atoms with Crippen LogP contribution in [0.5, 0.6) is 0 Å². The van der Waals surface area contributed by atoms with Crippen molar-refractivity contribution in [1.82, 2.24) is 9.55 Å². The molecule has 30 heavy (non-hydrogen) atoms. The molecule has 0 saturated carbocycles. The molecular weight excluding hydrogens is 448 g/mol. The maximum Gasteiger partial charge on any atom is 0.262 e. The Morgan fingerprint density at radius 2 is 1.90 bits per heavy atom. The van der Waals surface area contributed by atoms with E-state index in [1.807, 2.05) is 0 Å². The number of carbonyl (C=O) groups is 1. The molecule has 2 aromatic carbocycles. The Labute approximate surface area is 187 Å². The zero-order valence-corrected chi connectivity index (χ0v) is 18.7. The molecule has 1 aromatic heterocycles. The van der Waals surface area contributed by atoms with E-state index in [4.69, 9.17) is 23.2 Å². The van der Waals surface area contributed by atoms with Gasteiger partial charge in [0.05, 0.1) is 22.3 Å². The summed E-state index contributed by atoms with van der Waals surface area (Å²) < 4.78 is 15.5. The van der Waals surface area contributed by atoms with Crippen LogP contribution in [0.25, 0.3) is 10.9 Å². The van der Waals surface area contributed by atoms with Gasteiger partial charge in [-0.25, -0.2) is 9.37 Å². The van der Waals surface area contributed by atoms with Gasteiger partial charge in [0.2, 0.25) is 5.91 Å². The Morgan fingerprint density at radius 1 is 1.20 bits per heavy atom. The third kappa shape index (κ3) is 5.53. The number of aromatic nitrogens is 2. The number of rotatable bonds is 7. The van der Waals surface area contributed by atoms with Gasteiger partial charge < -0.3 is 5.32 Å². The summed E-state index contributed by atoms with van der Waals surface area (Å²) >= 11 is 12.9. The topological polar surface area (TPSA) is 64.0 Å². The van der Waals surface area contributed by atoms with E-state index < -0.39 is 11.7 Å². The maximum atomic E-state index is 13.9. The molecule has 0 saturated heterocycles. The first-order chi connectivity index (χ1) is 14.2. The second-order valence-electron chi connectivity index (χ2n) is 7.16. The van der Waals surface area contributed by atoms with E-state index >= 15 is 0 Å². The van der Waals surface area contributed by atoms with E-state index in [0.717, 1.165) is 24.2 Å². The first-order valence-corrected chi connectivity index (χ1v) is 11.1. The van der Waals surface area contributed by atoms with Crippen molar-refractivity contribution in [2.24, 2.45) is 5.92 Å². The third-order valence-corrected chi connectivity index (χ3v) is 5.80. The molecule has 1 amide bonds. The summed E-state index contributed by atoms with van der Waals surface area (Å²) in [6.07, 6.45) is 0.788. The van der Waals surface area contributed by atoms with E-state index in [2.05, 4.69) is 24.1 Å². The predicted octanol–water partition coefficient (Wildman–Crippen LogP) is 5.62. The van der Waals surface area contributed by atoms with Crippen molar-refractivity contribution in [1.29, 1.82) is 0 Å². The van der Waals surface area contributed by atoms with Crippen molar-refractivity contribution in [2.75, 3.05) is 11.1 Å². The molecule has 0 bridgehead atoms. The number of thioether (sulfide) groups is 1. The van der Waals surface area contributed by atoms with Gasteiger partial charge in [-0.3, -0.25) is 14.2 Å². The lowest BCUT2D eigenvalue weighted by atomic mass is 10.1. The predicted molar refractivity (Wildman–Crippen MR) is 121 cm³/mol. The van der Waals surface area contributed by atoms with Gasteiger partial charge in [-0.2, -0.15) is 0 Å². The van der Waals surface area contributed by atoms with Crippen molar-refractivity contribution in [3.05, 3.63) is 62.6 Å². The molecule has 0 unspecified atom stereocenters. The Morgan fingerprint density at radius 3 is 2.60 bits per heavy atom. The second-order valence-corrected chi connectivity index (χ2v) is 8.97. The highest BCUT2D eigenvalue weighted by Crippen LogP contribution is 2.23. The molecule has 3 rings (SSSR count). The van der Waals surface area contributed by atoms with Gasteiger partial charge in [-0.1, -0.05) is 48.8 Å². The van der Waals surface area contributed by atoms with Gasteiger partial charge in [-0.15, -0.1) is 0 Å². The van der Waals surface area contributed by atoms with Crippen LogP contribution in [0.4, 0.5) is 10.1 Å². The van der Waals surface area contributed by atoms with Gasteiger partial charge >= 0.3 is 0 Å². The van der Waals surface area contributed by atoms with E-state index in [0.29, 0.717) is 33.5 Å². The fourth-order valence-corrected chi connectivity index (χ4v) is 3.93. The van der Waals surface area contributed by atoms with Gasteiger partial charge in [0.25, 0.3) is 5.56 Å². The van der Waals surface area contributed by atoms with Gasteiger partial charge in [-0.05, 0) is 48.7 Å². The lowest BCUT2D eigenvalue weighted by Crippen LogP contribution is -2.25. The number of hydrogen-bond acceptors (Lipinski definition) is 4. The van der Waals surface area contributed by atoms with Crippen LogP contribution in [-0.2, 0) is 11.3 Å². The SMILES string of the molecule is CC(C)CCn1c(SCC(=O)Nc2ccc(Cl)cc2F)nc2cc(Cl)ccc2c1=O. The molecule has 0 aliphatic heterocycles. The van der Waals surface area contributed by atoms with Crippen LogP contribution in [-0.4, -0.2) is 21.2 Å². The molecule has 0 spiro atoms. The molecule has 5 nitrogen and oxygen atoms in total. The Hall–Kier alpha value is -2.09. The number of hydrogen-bond donors (Lipinski definition) is 1. The van der Waals surface area contributed by atoms with Crippen LogP contribution < -0.4 is 10.9 Å². The fourth-order valence-electron chi connectivity index (χ4n) is 2.78. The van der Waals surface area contributed by atoms with Crippen molar-refractivity contribution in [2.45, 2.75) is 32.0 Å². The quantitative estimate of drug-likeness (QED) is 0.361. The third-order valence-electron chi connectivity index (χ3n) is 4.35. The summed E-state index contributed by atoms with van der Waals surface area (Å²) in [5.41, 5.74) is 0.337. The van der Waals surface area contributed by atoms with Crippen LogP contribution >= 0.6 is 35.0 Å². The minimum atomic E-state index is -0.617. The van der Waals surface area contributed by atoms with Gasteiger partial charge in [0.1, 0.15) is 5.82 Å². The molecule has 0 aliphatic rings. The number of anilines is 1. The number of amides is 1. The van der Waals surface area contributed by atoms with Crippen LogP contribution in [0.1, 0.15) is 20.3 Å². The minimum Gasteiger partial charge on any atom is -0.323 e. The lowest BCUT2D eigenvalue weighted by Gasteiger charge is -2.14. The minimum absolute atomic E-state index is 0.0394. The van der Waals surface area contributed by atoms with Gasteiger partial charge in [0, 0.05) is 16.6 Å². The summed E-state index contributed by atoms with van der Waals surface area (Å²) in [5, 5.41) is 4.12. The largest absolute Gasteiger partial charge is 0.323 e. The number of benzene rings is 2. The summed E-state index contributed by atoms with van der Waals surface area (Å²) in [6.45, 7) is 4.62. The molecule has 1 heterocycles. The molecule has 1 N–H and O–H groups in total. The zero-order chi connectivity index (χ0) is 21.8. The molecule has 0 fully saturated rings. The van der Waals surface area contributed by atoms with E-state index in [1.165, 1.54) is 12.1 Å². The highest BCUT2D eigenvalue weighted by Gasteiger charge is 2.15. The first kappa shape index (κ1) is 22.6. The van der Waals surface area contributed by atoms with Crippen LogP contribution in [0, 0.1) is 11.7 Å². The van der Waals surface area contributed by atoms with Crippen LogP contribution in [0.3, 0.4) is 0 Å². The standard InChI is InChI=1S/C21H20Cl2FN3O2S/c1-12(2)7-8-27-20(29)15-5-3-14(23)10-18(15)26-21(27)30-11-19(28)25-17-6-4-13(22)9-16(17)24/h3-6,9-10,12H,7-8,11H2,1-2H3,(H,25,28). The van der Waals surface area contributed by atoms with Crippen LogP contribution in [0.2, 0.25) is 10.0 Å². The van der Waals surface area contributed by atoms with Crippen molar-refractivity contribution >= 4 is 57.5 Å². The summed E-state index contributed by atoms with van der Waals surface area (Å²) in [7, 11) is 0. The highest BCUT2D eigenvalue weighted by molar-refractivity contribution is 7.99. The molecule has 0 radical (unpaired) electrons. The lowest BCUT2D eigenvalue weighted by molar-refractivity contribution is -0.113. The van der Waals surface area contributed by atoms with E-state index in [-0.39, 0.29) is 22.0 Å². The smallest absolute Gasteiger partial charge is 0.262 e. The average molecular weight is 468 g/mol. The van der Waals surface area contributed by atoms with E-state index in [1.54, 1.807) is 22.8 Å². The second kappa shape index (κ2) is 9.81. The summed E-state index contributed by atoms with van der Waals surface area (Å²) in [6, 6.07) is 8.95. The maximum absolute atomic E-state index is 13.9. The molecule has 3 aromatic rings. The monoisotopic (exact) mass is 467 g/mol. The number of fused-ring (bicyclic) bond motifs is 1. The Kier molecular flexibility index (Phi) is 7.39. The molecular formula is C21H20Cl2FN3O2S. The molecule has 158 valence electrons. The average Bonchev–Trinajstić information content (AvgIpc) is 2.67. The Bertz CT molecular complexity index is 1150. The van der Waals surface area contributed by atoms with E-state index in [9.17, 15) is 14.0 Å². The normalized spacial score (nSPS) is 11.3. The van der Waals surface area contributed by atoms with Crippen LogP contribution in [0.15, 0.2) is 46.3 Å².